The van der Waals surface area contributed by atoms with Crippen molar-refractivity contribution in [2.75, 3.05) is 32.7 Å². The Labute approximate surface area is 210 Å². The normalized spacial score (nSPS) is 11.2. The van der Waals surface area contributed by atoms with Crippen molar-refractivity contribution in [1.82, 2.24) is 10.3 Å². The summed E-state index contributed by atoms with van der Waals surface area (Å²) in [5.41, 5.74) is 3.45. The second kappa shape index (κ2) is 11.8. The predicted molar refractivity (Wildman–Crippen MR) is 143 cm³/mol. The van der Waals surface area contributed by atoms with Crippen LogP contribution in [0.3, 0.4) is 0 Å². The molecular formula is C28H30N4O4. The van der Waals surface area contributed by atoms with Gasteiger partial charge in [-0.2, -0.15) is 0 Å². The first-order valence-electron chi connectivity index (χ1n) is 11.7. The predicted octanol–water partition coefficient (Wildman–Crippen LogP) is 5.02. The number of carbonyl (C=O) groups is 1. The van der Waals surface area contributed by atoms with Crippen molar-refractivity contribution in [3.05, 3.63) is 84.1 Å². The molecule has 0 atom stereocenters. The van der Waals surface area contributed by atoms with E-state index in [0.717, 1.165) is 17.0 Å². The van der Waals surface area contributed by atoms with Crippen LogP contribution in [0.25, 0.3) is 10.9 Å². The Morgan fingerprint density at radius 1 is 0.972 bits per heavy atom. The molecule has 3 aromatic carbocycles. The van der Waals surface area contributed by atoms with Crippen molar-refractivity contribution < 1.29 is 19.0 Å². The molecule has 0 saturated carbocycles. The quantitative estimate of drug-likeness (QED) is 0.228. The molecule has 0 saturated heterocycles. The summed E-state index contributed by atoms with van der Waals surface area (Å²) in [6.07, 6.45) is 2.71. The molecule has 0 spiro atoms. The first kappa shape index (κ1) is 24.7. The number of carbonyl (C=O) groups excluding carboxylic acids is 1. The Hall–Kier alpha value is -4.46. The smallest absolute Gasteiger partial charge is 0.258 e. The summed E-state index contributed by atoms with van der Waals surface area (Å²) >= 11 is 0. The molecule has 0 aliphatic carbocycles. The molecule has 4 aromatic rings. The van der Waals surface area contributed by atoms with Crippen LogP contribution < -0.4 is 24.8 Å². The van der Waals surface area contributed by atoms with Crippen molar-refractivity contribution >= 4 is 28.5 Å². The van der Waals surface area contributed by atoms with Crippen LogP contribution in [0.1, 0.15) is 22.8 Å². The Morgan fingerprint density at radius 3 is 2.50 bits per heavy atom. The number of nitrogens with one attached hydrogen (secondary N) is 3. The van der Waals surface area contributed by atoms with Gasteiger partial charge in [-0.25, -0.2) is 0 Å². The standard InChI is InChI=1S/C28H30N4O4/c1-4-36-22-12-10-21(11-13-22)31-28(29-16-15-20-18-30-24-8-6-5-7-23(20)24)32-27(33)19-9-14-25(34-2)26(17-19)35-3/h5-14,17-18,30H,4,15-16H2,1-3H3,(H2,29,31,32,33). The van der Waals surface area contributed by atoms with E-state index in [4.69, 9.17) is 14.2 Å². The maximum atomic E-state index is 13.1. The number of hydrogen-bond acceptors (Lipinski definition) is 5. The van der Waals surface area contributed by atoms with E-state index in [0.29, 0.717) is 42.6 Å². The van der Waals surface area contributed by atoms with Crippen molar-refractivity contribution in [1.29, 1.82) is 0 Å². The monoisotopic (exact) mass is 486 g/mol. The third-order valence-electron chi connectivity index (χ3n) is 5.63. The molecule has 1 amide bonds. The number of hydrogen-bond donors (Lipinski definition) is 3. The number of fused-ring (bicyclic) bond motifs is 1. The van der Waals surface area contributed by atoms with Gasteiger partial charge in [0.25, 0.3) is 5.91 Å². The molecule has 186 valence electrons. The van der Waals surface area contributed by atoms with Crippen LogP contribution in [0.2, 0.25) is 0 Å². The van der Waals surface area contributed by atoms with Gasteiger partial charge in [0.15, 0.2) is 11.5 Å². The van der Waals surface area contributed by atoms with E-state index in [9.17, 15) is 4.79 Å². The molecule has 4 rings (SSSR count). The van der Waals surface area contributed by atoms with Crippen molar-refractivity contribution in [2.24, 2.45) is 4.99 Å². The minimum absolute atomic E-state index is 0.319. The second-order valence-corrected chi connectivity index (χ2v) is 7.95. The topological polar surface area (TPSA) is 97.0 Å². The minimum Gasteiger partial charge on any atom is -0.494 e. The Kier molecular flexibility index (Phi) is 8.08. The highest BCUT2D eigenvalue weighted by Crippen LogP contribution is 2.27. The molecule has 36 heavy (non-hydrogen) atoms. The Morgan fingerprint density at radius 2 is 1.75 bits per heavy atom. The molecular weight excluding hydrogens is 456 g/mol. The fraction of sp³-hybridized carbons (Fsp3) is 0.214. The van der Waals surface area contributed by atoms with Crippen LogP contribution >= 0.6 is 0 Å². The fourth-order valence-corrected chi connectivity index (χ4v) is 3.83. The molecule has 8 heteroatoms. The number of anilines is 1. The number of aromatic amines is 1. The Balaban J connectivity index is 1.53. The number of amides is 1. The van der Waals surface area contributed by atoms with Crippen molar-refractivity contribution in [2.45, 2.75) is 13.3 Å². The number of H-pyrrole nitrogens is 1. The summed E-state index contributed by atoms with van der Waals surface area (Å²) in [7, 11) is 3.08. The zero-order valence-electron chi connectivity index (χ0n) is 20.6. The minimum atomic E-state index is -0.319. The summed E-state index contributed by atoms with van der Waals surface area (Å²) in [6, 6.07) is 20.7. The van der Waals surface area contributed by atoms with Crippen molar-refractivity contribution in [3.8, 4) is 17.2 Å². The lowest BCUT2D eigenvalue weighted by Gasteiger charge is -2.14. The lowest BCUT2D eigenvalue weighted by atomic mass is 10.1. The van der Waals surface area contributed by atoms with Crippen LogP contribution in [0, 0.1) is 0 Å². The third kappa shape index (κ3) is 5.96. The molecule has 8 nitrogen and oxygen atoms in total. The number of nitrogens with zero attached hydrogens (tertiary/aromatic N) is 1. The fourth-order valence-electron chi connectivity index (χ4n) is 3.83. The lowest BCUT2D eigenvalue weighted by molar-refractivity contribution is 0.0976. The zero-order chi connectivity index (χ0) is 25.3. The second-order valence-electron chi connectivity index (χ2n) is 7.95. The third-order valence-corrected chi connectivity index (χ3v) is 5.63. The van der Waals surface area contributed by atoms with Gasteiger partial charge in [-0.15, -0.1) is 0 Å². The number of benzene rings is 3. The lowest BCUT2D eigenvalue weighted by Crippen LogP contribution is -2.36. The van der Waals surface area contributed by atoms with Crippen molar-refractivity contribution in [3.63, 3.8) is 0 Å². The summed E-state index contributed by atoms with van der Waals surface area (Å²) in [4.78, 5) is 21.0. The van der Waals surface area contributed by atoms with Gasteiger partial charge in [0.05, 0.1) is 20.8 Å². The highest BCUT2D eigenvalue weighted by molar-refractivity contribution is 6.10. The van der Waals surface area contributed by atoms with E-state index in [1.807, 2.05) is 55.6 Å². The van der Waals surface area contributed by atoms with Gasteiger partial charge in [0.2, 0.25) is 5.96 Å². The number of aliphatic imine (C=N–C) groups is 1. The highest BCUT2D eigenvalue weighted by atomic mass is 16.5. The maximum absolute atomic E-state index is 13.1. The van der Waals surface area contributed by atoms with E-state index in [1.165, 1.54) is 18.1 Å². The van der Waals surface area contributed by atoms with Gasteiger partial charge in [-0.1, -0.05) is 18.2 Å². The summed E-state index contributed by atoms with van der Waals surface area (Å²) in [5.74, 6) is 1.82. The first-order chi connectivity index (χ1) is 17.6. The summed E-state index contributed by atoms with van der Waals surface area (Å²) in [6.45, 7) is 3.01. The molecule has 3 N–H and O–H groups in total. The van der Waals surface area contributed by atoms with Crippen LogP contribution in [0.4, 0.5) is 5.69 Å². The van der Waals surface area contributed by atoms with E-state index in [-0.39, 0.29) is 5.91 Å². The Bertz CT molecular complexity index is 1350. The van der Waals surface area contributed by atoms with Gasteiger partial charge in [-0.05, 0) is 67.4 Å². The SMILES string of the molecule is CCOc1ccc(NC(=NCCc2c[nH]c3ccccc23)NC(=O)c2ccc(OC)c(OC)c2)cc1. The van der Waals surface area contributed by atoms with Crippen LogP contribution in [-0.2, 0) is 6.42 Å². The number of para-hydroxylation sites is 1. The van der Waals surface area contributed by atoms with Crippen LogP contribution in [0.15, 0.2) is 77.9 Å². The molecule has 0 fully saturated rings. The molecule has 1 aromatic heterocycles. The maximum Gasteiger partial charge on any atom is 0.258 e. The first-order valence-corrected chi connectivity index (χ1v) is 11.7. The molecule has 1 heterocycles. The zero-order valence-corrected chi connectivity index (χ0v) is 20.6. The van der Waals surface area contributed by atoms with Gasteiger partial charge in [-0.3, -0.25) is 15.1 Å². The highest BCUT2D eigenvalue weighted by Gasteiger charge is 2.13. The van der Waals surface area contributed by atoms with Crippen LogP contribution in [-0.4, -0.2) is 44.2 Å². The van der Waals surface area contributed by atoms with Gasteiger partial charge in [0, 0.05) is 34.9 Å². The number of rotatable bonds is 9. The number of guanidine groups is 1. The van der Waals surface area contributed by atoms with E-state index in [1.54, 1.807) is 25.3 Å². The average Bonchev–Trinajstić information content (AvgIpc) is 3.32. The van der Waals surface area contributed by atoms with Gasteiger partial charge < -0.3 is 24.5 Å². The molecule has 0 radical (unpaired) electrons. The van der Waals surface area contributed by atoms with Gasteiger partial charge >= 0.3 is 0 Å². The van der Waals surface area contributed by atoms with E-state index in [2.05, 4.69) is 26.7 Å². The van der Waals surface area contributed by atoms with E-state index >= 15 is 0 Å². The molecule has 0 unspecified atom stereocenters. The molecule has 0 aliphatic heterocycles. The van der Waals surface area contributed by atoms with E-state index < -0.39 is 0 Å². The van der Waals surface area contributed by atoms with Gasteiger partial charge in [0.1, 0.15) is 5.75 Å². The average molecular weight is 487 g/mol. The van der Waals surface area contributed by atoms with Crippen LogP contribution in [0.5, 0.6) is 17.2 Å². The number of aromatic nitrogens is 1. The number of ether oxygens (including phenoxy) is 3. The largest absolute Gasteiger partial charge is 0.494 e. The molecule has 0 bridgehead atoms. The summed E-state index contributed by atoms with van der Waals surface area (Å²) < 4.78 is 16.1. The summed E-state index contributed by atoms with van der Waals surface area (Å²) in [5, 5.41) is 7.28. The molecule has 0 aliphatic rings. The number of methoxy groups -OCH3 is 2.